The Morgan fingerprint density at radius 3 is 2.16 bits per heavy atom. The van der Waals surface area contributed by atoms with Gasteiger partial charge in [-0.2, -0.15) is 0 Å². The average Bonchev–Trinajstić information content (AvgIpc) is 2.82. The zero-order chi connectivity index (χ0) is 22.7. The van der Waals surface area contributed by atoms with Crippen LogP contribution in [0.1, 0.15) is 88.2 Å². The molecular formula is C29H33F3. The number of benzene rings is 2. The highest BCUT2D eigenvalue weighted by Crippen LogP contribution is 2.41. The van der Waals surface area contributed by atoms with Crippen molar-refractivity contribution in [3.8, 4) is 11.1 Å². The van der Waals surface area contributed by atoms with E-state index in [1.807, 2.05) is 31.2 Å². The van der Waals surface area contributed by atoms with Crippen molar-refractivity contribution in [2.45, 2.75) is 77.0 Å². The van der Waals surface area contributed by atoms with E-state index < -0.39 is 17.6 Å². The Morgan fingerprint density at radius 2 is 1.53 bits per heavy atom. The van der Waals surface area contributed by atoms with E-state index in [9.17, 15) is 13.2 Å². The zero-order valence-corrected chi connectivity index (χ0v) is 19.1. The van der Waals surface area contributed by atoms with Crippen LogP contribution in [0.2, 0.25) is 0 Å². The van der Waals surface area contributed by atoms with Gasteiger partial charge in [-0.25, -0.2) is 13.2 Å². The highest BCUT2D eigenvalue weighted by Gasteiger charge is 2.26. The molecule has 0 N–H and O–H groups in total. The van der Waals surface area contributed by atoms with Gasteiger partial charge in [-0.15, -0.1) is 0 Å². The second kappa shape index (κ2) is 10.1. The molecule has 170 valence electrons. The minimum absolute atomic E-state index is 0.213. The molecular weight excluding hydrogens is 405 g/mol. The topological polar surface area (TPSA) is 0 Å². The second-order valence-corrected chi connectivity index (χ2v) is 9.42. The van der Waals surface area contributed by atoms with Crippen molar-refractivity contribution >= 4 is 0 Å². The largest absolute Gasteiger partial charge is 0.208 e. The number of hydrogen-bond acceptors (Lipinski definition) is 0. The van der Waals surface area contributed by atoms with E-state index in [0.29, 0.717) is 29.9 Å². The summed E-state index contributed by atoms with van der Waals surface area (Å²) >= 11 is 0. The minimum Gasteiger partial charge on any atom is -0.208 e. The summed E-state index contributed by atoms with van der Waals surface area (Å²) in [6, 6.07) is 12.8. The van der Waals surface area contributed by atoms with E-state index in [2.05, 4.69) is 13.0 Å². The van der Waals surface area contributed by atoms with E-state index in [4.69, 9.17) is 0 Å². The summed E-state index contributed by atoms with van der Waals surface area (Å²) in [4.78, 5) is 0. The molecule has 0 amide bonds. The molecule has 0 aromatic heterocycles. The van der Waals surface area contributed by atoms with Crippen molar-refractivity contribution in [3.05, 3.63) is 82.7 Å². The molecule has 1 saturated carbocycles. The molecule has 3 heteroatoms. The molecule has 32 heavy (non-hydrogen) atoms. The number of allylic oxidation sites excluding steroid dienone is 4. The summed E-state index contributed by atoms with van der Waals surface area (Å²) in [7, 11) is 0. The smallest absolute Gasteiger partial charge is 0.158 e. The van der Waals surface area contributed by atoms with Gasteiger partial charge in [0.05, 0.1) is 0 Å². The highest BCUT2D eigenvalue weighted by atomic mass is 19.2. The van der Waals surface area contributed by atoms with E-state index in [1.54, 1.807) is 18.2 Å². The van der Waals surface area contributed by atoms with Crippen LogP contribution in [-0.2, 0) is 0 Å². The Bertz CT molecular complexity index is 992. The standard InChI is InChI=1S/C29H33F3/c1-3-5-23-14-17-26(29(32)28(23)31)22-12-10-21(11-13-22)25-16-15-24(18-27(25)30)20-8-6-19(4-2)7-9-20/h10-16,18-20,26H,3-9,17H2,1-2H3. The van der Waals surface area contributed by atoms with Gasteiger partial charge < -0.3 is 0 Å². The lowest BCUT2D eigenvalue weighted by atomic mass is 9.77. The van der Waals surface area contributed by atoms with Crippen LogP contribution in [0.4, 0.5) is 13.2 Å². The van der Waals surface area contributed by atoms with E-state index in [-0.39, 0.29) is 5.82 Å². The Hall–Kier alpha value is -2.29. The van der Waals surface area contributed by atoms with Gasteiger partial charge in [0.25, 0.3) is 0 Å². The Balaban J connectivity index is 1.49. The van der Waals surface area contributed by atoms with E-state index in [1.165, 1.54) is 19.3 Å². The maximum atomic E-state index is 15.0. The molecule has 0 nitrogen and oxygen atoms in total. The number of hydrogen-bond donors (Lipinski definition) is 0. The van der Waals surface area contributed by atoms with Crippen molar-refractivity contribution in [1.82, 2.24) is 0 Å². The molecule has 2 aromatic rings. The normalized spacial score (nSPS) is 23.9. The first kappa shape index (κ1) is 22.9. The van der Waals surface area contributed by atoms with Crippen LogP contribution in [0.5, 0.6) is 0 Å². The summed E-state index contributed by atoms with van der Waals surface area (Å²) in [6.07, 6.45) is 9.58. The van der Waals surface area contributed by atoms with Gasteiger partial charge in [0.2, 0.25) is 0 Å². The Morgan fingerprint density at radius 1 is 0.844 bits per heavy atom. The van der Waals surface area contributed by atoms with Crippen LogP contribution in [-0.4, -0.2) is 0 Å². The molecule has 1 atom stereocenters. The summed E-state index contributed by atoms with van der Waals surface area (Å²) < 4.78 is 44.0. The van der Waals surface area contributed by atoms with Crippen molar-refractivity contribution in [3.63, 3.8) is 0 Å². The summed E-state index contributed by atoms with van der Waals surface area (Å²) in [5, 5.41) is 0. The molecule has 0 heterocycles. The fraction of sp³-hybridized carbons (Fsp3) is 0.448. The third-order valence-electron chi connectivity index (χ3n) is 7.43. The van der Waals surface area contributed by atoms with Gasteiger partial charge in [0.15, 0.2) is 5.83 Å². The maximum absolute atomic E-state index is 15.0. The quantitative estimate of drug-likeness (QED) is 0.421. The van der Waals surface area contributed by atoms with E-state index >= 15 is 0 Å². The van der Waals surface area contributed by atoms with Crippen LogP contribution in [0.3, 0.4) is 0 Å². The predicted molar refractivity (Wildman–Crippen MR) is 126 cm³/mol. The lowest BCUT2D eigenvalue weighted by molar-refractivity contribution is 0.318. The van der Waals surface area contributed by atoms with Gasteiger partial charge in [0, 0.05) is 11.5 Å². The van der Waals surface area contributed by atoms with Crippen LogP contribution >= 0.6 is 0 Å². The lowest BCUT2D eigenvalue weighted by Crippen LogP contribution is -2.12. The van der Waals surface area contributed by atoms with Crippen LogP contribution in [0.15, 0.2) is 65.8 Å². The zero-order valence-electron chi connectivity index (χ0n) is 19.1. The summed E-state index contributed by atoms with van der Waals surface area (Å²) in [5.41, 5.74) is 3.60. The SMILES string of the molecule is CCCC1=CCC(c2ccc(-c3ccc(C4CCC(CC)CC4)cc3F)cc2)C(F)=C1F. The third kappa shape index (κ3) is 4.72. The Labute approximate surface area is 190 Å². The molecule has 0 radical (unpaired) electrons. The lowest BCUT2D eigenvalue weighted by Gasteiger charge is -2.28. The number of rotatable bonds is 6. The fourth-order valence-electron chi connectivity index (χ4n) is 5.34. The predicted octanol–water partition coefficient (Wildman–Crippen LogP) is 9.54. The first-order chi connectivity index (χ1) is 15.5. The first-order valence-corrected chi connectivity index (χ1v) is 12.2. The molecule has 0 spiro atoms. The molecule has 1 unspecified atom stereocenters. The van der Waals surface area contributed by atoms with Gasteiger partial charge in [-0.05, 0) is 78.7 Å². The third-order valence-corrected chi connectivity index (χ3v) is 7.43. The summed E-state index contributed by atoms with van der Waals surface area (Å²) in [6.45, 7) is 4.21. The molecule has 4 rings (SSSR count). The number of halogens is 3. The monoisotopic (exact) mass is 438 g/mol. The molecule has 0 saturated heterocycles. The Kier molecular flexibility index (Phi) is 7.23. The van der Waals surface area contributed by atoms with Crippen molar-refractivity contribution in [2.75, 3.05) is 0 Å². The minimum atomic E-state index is -0.707. The molecule has 1 fully saturated rings. The fourth-order valence-corrected chi connectivity index (χ4v) is 5.34. The van der Waals surface area contributed by atoms with Gasteiger partial charge in [-0.1, -0.05) is 69.2 Å². The molecule has 0 bridgehead atoms. The maximum Gasteiger partial charge on any atom is 0.158 e. The van der Waals surface area contributed by atoms with Crippen LogP contribution in [0.25, 0.3) is 11.1 Å². The van der Waals surface area contributed by atoms with Gasteiger partial charge in [0.1, 0.15) is 11.6 Å². The highest BCUT2D eigenvalue weighted by molar-refractivity contribution is 5.65. The van der Waals surface area contributed by atoms with Crippen molar-refractivity contribution < 1.29 is 13.2 Å². The first-order valence-electron chi connectivity index (χ1n) is 12.2. The van der Waals surface area contributed by atoms with Gasteiger partial charge in [-0.3, -0.25) is 0 Å². The van der Waals surface area contributed by atoms with Crippen molar-refractivity contribution in [1.29, 1.82) is 0 Å². The van der Waals surface area contributed by atoms with Crippen LogP contribution < -0.4 is 0 Å². The average molecular weight is 439 g/mol. The molecule has 0 aliphatic heterocycles. The van der Waals surface area contributed by atoms with Gasteiger partial charge >= 0.3 is 0 Å². The second-order valence-electron chi connectivity index (χ2n) is 9.42. The molecule has 2 aromatic carbocycles. The molecule has 2 aliphatic rings. The summed E-state index contributed by atoms with van der Waals surface area (Å²) in [5.74, 6) is -0.936. The van der Waals surface area contributed by atoms with Crippen molar-refractivity contribution in [2.24, 2.45) is 5.92 Å². The van der Waals surface area contributed by atoms with Crippen LogP contribution in [0, 0.1) is 11.7 Å². The molecule has 2 aliphatic carbocycles. The van der Waals surface area contributed by atoms with E-state index in [0.717, 1.165) is 41.9 Å².